The first kappa shape index (κ1) is 24.6. The molecule has 0 aliphatic carbocycles. The summed E-state index contributed by atoms with van der Waals surface area (Å²) < 4.78 is 11.1. The minimum atomic E-state index is -1.10. The third-order valence-corrected chi connectivity index (χ3v) is 7.18. The van der Waals surface area contributed by atoms with Crippen molar-refractivity contribution in [2.45, 2.75) is 26.4 Å². The van der Waals surface area contributed by atoms with E-state index in [2.05, 4.69) is 27.5 Å². The predicted molar refractivity (Wildman–Crippen MR) is 139 cm³/mol. The van der Waals surface area contributed by atoms with Crippen LogP contribution in [0, 0.1) is 6.92 Å². The number of anilines is 1. The maximum absolute atomic E-state index is 11.0. The molecule has 0 saturated heterocycles. The minimum Gasteiger partial charge on any atom is -0.493 e. The Kier molecular flexibility index (Phi) is 7.28. The molecule has 0 spiro atoms. The van der Waals surface area contributed by atoms with Crippen molar-refractivity contribution in [2.24, 2.45) is 0 Å². The number of hydrogen-bond donors (Lipinski definition) is 3. The summed E-state index contributed by atoms with van der Waals surface area (Å²) >= 11 is 7.99. The highest BCUT2D eigenvalue weighted by Gasteiger charge is 2.19. The topological polar surface area (TPSA) is 106 Å². The zero-order valence-corrected chi connectivity index (χ0v) is 21.3. The van der Waals surface area contributed by atoms with Crippen LogP contribution in [0.5, 0.6) is 11.5 Å². The molecule has 1 unspecified atom stereocenters. The van der Waals surface area contributed by atoms with Gasteiger partial charge in [-0.05, 0) is 55.3 Å². The Hall–Kier alpha value is -3.56. The Morgan fingerprint density at radius 2 is 1.94 bits per heavy atom. The van der Waals surface area contributed by atoms with E-state index in [4.69, 9.17) is 26.2 Å². The van der Waals surface area contributed by atoms with E-state index in [1.165, 1.54) is 0 Å². The van der Waals surface area contributed by atoms with Crippen molar-refractivity contribution >= 4 is 45.8 Å². The van der Waals surface area contributed by atoms with E-state index in [-0.39, 0.29) is 12.6 Å². The molecule has 2 aromatic carbocycles. The average Bonchev–Trinajstić information content (AvgIpc) is 3.32. The van der Waals surface area contributed by atoms with Crippen molar-refractivity contribution in [1.82, 2.24) is 15.3 Å². The quantitative estimate of drug-likeness (QED) is 0.255. The molecule has 1 atom stereocenters. The van der Waals surface area contributed by atoms with E-state index in [9.17, 15) is 4.79 Å². The van der Waals surface area contributed by atoms with Gasteiger partial charge in [0.2, 0.25) is 0 Å². The molecule has 10 heteroatoms. The first-order valence-electron chi connectivity index (χ1n) is 10.8. The summed E-state index contributed by atoms with van der Waals surface area (Å²) in [5.41, 5.74) is 2.38. The number of benzene rings is 2. The van der Waals surface area contributed by atoms with Gasteiger partial charge in [-0.3, -0.25) is 0 Å². The third kappa shape index (κ3) is 5.11. The fourth-order valence-corrected chi connectivity index (χ4v) is 5.20. The molecule has 0 aliphatic heterocycles. The second-order valence-corrected chi connectivity index (χ2v) is 9.33. The fraction of sp³-hybridized carbons (Fsp3) is 0.240. The van der Waals surface area contributed by atoms with Gasteiger partial charge in [0, 0.05) is 21.3 Å². The van der Waals surface area contributed by atoms with Crippen LogP contribution in [0.1, 0.15) is 29.2 Å². The molecule has 1 amide bonds. The highest BCUT2D eigenvalue weighted by atomic mass is 35.5. The van der Waals surface area contributed by atoms with Gasteiger partial charge >= 0.3 is 6.09 Å². The van der Waals surface area contributed by atoms with Gasteiger partial charge in [-0.2, -0.15) is 0 Å². The van der Waals surface area contributed by atoms with Gasteiger partial charge in [-0.1, -0.05) is 23.7 Å². The summed E-state index contributed by atoms with van der Waals surface area (Å²) in [5, 5.41) is 16.2. The molecule has 182 valence electrons. The number of carboxylic acid groups (broad SMARTS) is 1. The van der Waals surface area contributed by atoms with Crippen LogP contribution >= 0.6 is 22.9 Å². The molecule has 2 heterocycles. The molecule has 2 aromatic heterocycles. The molecule has 35 heavy (non-hydrogen) atoms. The molecule has 8 nitrogen and oxygen atoms in total. The largest absolute Gasteiger partial charge is 0.493 e. The molecule has 0 saturated carbocycles. The Bertz CT molecular complexity index is 1390. The van der Waals surface area contributed by atoms with Gasteiger partial charge in [-0.15, -0.1) is 11.3 Å². The van der Waals surface area contributed by atoms with Crippen LogP contribution in [0.25, 0.3) is 21.3 Å². The standard InChI is InChI=1S/C25H25ClN4O4S/c1-13(28-24-22-18(29-14(2)30-24)8-9-19(33-3)23(22)34-4)20-10-11-21(35-20)15-6-5-7-17(26)16(15)12-27-25(31)32/h5-11,13,27H,12H2,1-4H3,(H,31,32)(H,28,29,30). The molecule has 4 rings (SSSR count). The lowest BCUT2D eigenvalue weighted by Gasteiger charge is -2.18. The lowest BCUT2D eigenvalue weighted by molar-refractivity contribution is 0.194. The van der Waals surface area contributed by atoms with Crippen molar-refractivity contribution in [3.05, 3.63) is 63.8 Å². The normalized spacial score (nSPS) is 11.8. The van der Waals surface area contributed by atoms with Crippen LogP contribution < -0.4 is 20.1 Å². The van der Waals surface area contributed by atoms with E-state index < -0.39 is 6.09 Å². The van der Waals surface area contributed by atoms with E-state index in [1.807, 2.05) is 43.3 Å². The van der Waals surface area contributed by atoms with Crippen molar-refractivity contribution in [3.8, 4) is 21.9 Å². The number of nitrogens with one attached hydrogen (secondary N) is 2. The summed E-state index contributed by atoms with van der Waals surface area (Å²) in [7, 11) is 3.19. The van der Waals surface area contributed by atoms with Crippen molar-refractivity contribution in [2.75, 3.05) is 19.5 Å². The van der Waals surface area contributed by atoms with Crippen molar-refractivity contribution in [1.29, 1.82) is 0 Å². The Labute approximate surface area is 211 Å². The molecular weight excluding hydrogens is 488 g/mol. The smallest absolute Gasteiger partial charge is 0.404 e. The predicted octanol–water partition coefficient (Wildman–Crippen LogP) is 6.28. The van der Waals surface area contributed by atoms with Gasteiger partial charge in [0.25, 0.3) is 0 Å². The SMILES string of the molecule is COc1ccc2nc(C)nc(NC(C)c3ccc(-c4cccc(Cl)c4CNC(=O)O)s3)c2c1OC. The lowest BCUT2D eigenvalue weighted by Crippen LogP contribution is -2.20. The zero-order chi connectivity index (χ0) is 25.1. The fourth-order valence-electron chi connectivity index (χ4n) is 3.90. The van der Waals surface area contributed by atoms with E-state index in [0.717, 1.165) is 31.8 Å². The number of carbonyl (C=O) groups is 1. The molecule has 4 aromatic rings. The first-order valence-corrected chi connectivity index (χ1v) is 12.0. The summed E-state index contributed by atoms with van der Waals surface area (Å²) in [4.78, 5) is 22.3. The number of fused-ring (bicyclic) bond motifs is 1. The molecule has 0 radical (unpaired) electrons. The average molecular weight is 513 g/mol. The number of aromatic nitrogens is 2. The molecule has 0 bridgehead atoms. The van der Waals surface area contributed by atoms with Crippen LogP contribution in [-0.4, -0.2) is 35.4 Å². The maximum Gasteiger partial charge on any atom is 0.404 e. The van der Waals surface area contributed by atoms with Gasteiger partial charge < -0.3 is 25.2 Å². The van der Waals surface area contributed by atoms with E-state index in [1.54, 1.807) is 31.6 Å². The summed E-state index contributed by atoms with van der Waals surface area (Å²) in [6, 6.07) is 13.2. The Balaban J connectivity index is 1.68. The Morgan fingerprint density at radius 3 is 2.66 bits per heavy atom. The second-order valence-electron chi connectivity index (χ2n) is 7.81. The molecule has 0 aliphatic rings. The van der Waals surface area contributed by atoms with E-state index in [0.29, 0.717) is 28.2 Å². The number of amides is 1. The van der Waals surface area contributed by atoms with Crippen LogP contribution in [0.2, 0.25) is 5.02 Å². The number of methoxy groups -OCH3 is 2. The number of hydrogen-bond acceptors (Lipinski definition) is 7. The number of ether oxygens (including phenoxy) is 2. The van der Waals surface area contributed by atoms with Crippen LogP contribution in [0.3, 0.4) is 0 Å². The third-order valence-electron chi connectivity index (χ3n) is 5.52. The maximum atomic E-state index is 11.0. The number of halogens is 1. The molecule has 3 N–H and O–H groups in total. The van der Waals surface area contributed by atoms with Gasteiger partial charge in [0.15, 0.2) is 11.5 Å². The number of thiophene rings is 1. The minimum absolute atomic E-state index is 0.0815. The van der Waals surface area contributed by atoms with Crippen LogP contribution in [0.4, 0.5) is 10.6 Å². The summed E-state index contributed by atoms with van der Waals surface area (Å²) in [5.74, 6) is 2.46. The summed E-state index contributed by atoms with van der Waals surface area (Å²) in [6.45, 7) is 4.02. The highest BCUT2D eigenvalue weighted by molar-refractivity contribution is 7.15. The Morgan fingerprint density at radius 1 is 1.14 bits per heavy atom. The lowest BCUT2D eigenvalue weighted by atomic mass is 10.1. The second kappa shape index (κ2) is 10.4. The summed E-state index contributed by atoms with van der Waals surface area (Å²) in [6.07, 6.45) is -1.10. The van der Waals surface area contributed by atoms with Gasteiger partial charge in [-0.25, -0.2) is 14.8 Å². The number of nitrogens with zero attached hydrogens (tertiary/aromatic N) is 2. The zero-order valence-electron chi connectivity index (χ0n) is 19.7. The monoisotopic (exact) mass is 512 g/mol. The van der Waals surface area contributed by atoms with Gasteiger partial charge in [0.05, 0.1) is 31.2 Å². The van der Waals surface area contributed by atoms with Gasteiger partial charge in [0.1, 0.15) is 11.6 Å². The molecule has 0 fully saturated rings. The van der Waals surface area contributed by atoms with Crippen LogP contribution in [-0.2, 0) is 6.54 Å². The molecular formula is C25H25ClN4O4S. The number of rotatable bonds is 8. The van der Waals surface area contributed by atoms with Crippen molar-refractivity contribution in [3.63, 3.8) is 0 Å². The first-order chi connectivity index (χ1) is 16.8. The van der Waals surface area contributed by atoms with E-state index >= 15 is 0 Å². The number of aryl methyl sites for hydroxylation is 1. The van der Waals surface area contributed by atoms with Crippen LogP contribution in [0.15, 0.2) is 42.5 Å². The van der Waals surface area contributed by atoms with Crippen molar-refractivity contribution < 1.29 is 19.4 Å². The highest BCUT2D eigenvalue weighted by Crippen LogP contribution is 2.40.